The number of rotatable bonds is 5. The van der Waals surface area contributed by atoms with E-state index in [1.807, 2.05) is 36.4 Å². The third-order valence-corrected chi connectivity index (χ3v) is 9.07. The van der Waals surface area contributed by atoms with Crippen molar-refractivity contribution in [1.82, 2.24) is 15.0 Å². The van der Waals surface area contributed by atoms with Gasteiger partial charge in [0, 0.05) is 38.4 Å². The maximum atomic E-state index is 5.15. The van der Waals surface area contributed by atoms with Crippen LogP contribution >= 0.6 is 0 Å². The number of nitrogens with zero attached hydrogens (tertiary/aromatic N) is 3. The fourth-order valence-electron chi connectivity index (χ4n) is 6.69. The summed E-state index contributed by atoms with van der Waals surface area (Å²) in [6.07, 6.45) is 0. The first-order valence-electron chi connectivity index (χ1n) is 16.2. The molecule has 9 aromatic rings. The van der Waals surface area contributed by atoms with Gasteiger partial charge in [-0.05, 0) is 40.3 Å². The molecule has 0 saturated carbocycles. The molecule has 3 nitrogen and oxygen atoms in total. The summed E-state index contributed by atoms with van der Waals surface area (Å²) < 4.78 is 0. The Hall–Kier alpha value is -6.45. The number of fused-ring (bicyclic) bond motifs is 4. The topological polar surface area (TPSA) is 38.7 Å². The number of hydrogen-bond acceptors (Lipinski definition) is 3. The van der Waals surface area contributed by atoms with E-state index in [1.54, 1.807) is 0 Å². The van der Waals surface area contributed by atoms with Gasteiger partial charge in [-0.1, -0.05) is 158 Å². The van der Waals surface area contributed by atoms with Gasteiger partial charge in [-0.2, -0.15) is 0 Å². The number of pyridine rings is 1. The van der Waals surface area contributed by atoms with E-state index in [4.69, 9.17) is 15.0 Å². The van der Waals surface area contributed by atoms with E-state index in [0.29, 0.717) is 5.82 Å². The molecule has 0 spiro atoms. The fraction of sp³-hybridized carbons (Fsp3) is 0. The lowest BCUT2D eigenvalue weighted by atomic mass is 9.92. The first kappa shape index (κ1) is 27.8. The Morgan fingerprint density at radius 3 is 1.62 bits per heavy atom. The molecule has 0 fully saturated rings. The maximum absolute atomic E-state index is 5.15. The van der Waals surface area contributed by atoms with Crippen LogP contribution in [0.3, 0.4) is 0 Å². The van der Waals surface area contributed by atoms with Crippen LogP contribution in [0.15, 0.2) is 176 Å². The molecule has 0 saturated heterocycles. The minimum Gasteiger partial charge on any atom is -0.247 e. The van der Waals surface area contributed by atoms with Crippen LogP contribution in [0.1, 0.15) is 0 Å². The van der Waals surface area contributed by atoms with E-state index < -0.39 is 0 Å². The van der Waals surface area contributed by atoms with Crippen molar-refractivity contribution in [3.8, 4) is 56.2 Å². The van der Waals surface area contributed by atoms with E-state index in [0.717, 1.165) is 61.0 Å². The Kier molecular flexibility index (Phi) is 6.80. The molecule has 0 atom stereocenters. The largest absolute Gasteiger partial charge is 0.247 e. The van der Waals surface area contributed by atoms with Gasteiger partial charge in [-0.25, -0.2) is 15.0 Å². The second-order valence-electron chi connectivity index (χ2n) is 12.0. The minimum absolute atomic E-state index is 0.706. The summed E-state index contributed by atoms with van der Waals surface area (Å²) in [4.78, 5) is 15.2. The van der Waals surface area contributed by atoms with E-state index >= 15 is 0 Å². The molecule has 0 N–H and O–H groups in total. The lowest BCUT2D eigenvalue weighted by Gasteiger charge is -2.14. The average Bonchev–Trinajstić information content (AvgIpc) is 3.17. The summed E-state index contributed by atoms with van der Waals surface area (Å²) in [5, 5.41) is 4.67. The third kappa shape index (κ3) is 4.99. The normalized spacial score (nSPS) is 11.3. The van der Waals surface area contributed by atoms with E-state index in [1.165, 1.54) is 21.9 Å². The van der Waals surface area contributed by atoms with Crippen molar-refractivity contribution in [1.29, 1.82) is 0 Å². The van der Waals surface area contributed by atoms with Crippen LogP contribution in [0.5, 0.6) is 0 Å². The first-order chi connectivity index (χ1) is 23.8. The van der Waals surface area contributed by atoms with Crippen molar-refractivity contribution in [2.45, 2.75) is 0 Å². The second-order valence-corrected chi connectivity index (χ2v) is 12.0. The van der Waals surface area contributed by atoms with Crippen molar-refractivity contribution in [3.05, 3.63) is 176 Å². The third-order valence-electron chi connectivity index (χ3n) is 9.07. The van der Waals surface area contributed by atoms with Gasteiger partial charge in [0.25, 0.3) is 0 Å². The fourth-order valence-corrected chi connectivity index (χ4v) is 6.69. The van der Waals surface area contributed by atoms with Crippen LogP contribution in [0, 0.1) is 0 Å². The van der Waals surface area contributed by atoms with Crippen molar-refractivity contribution in [2.75, 3.05) is 0 Å². The van der Waals surface area contributed by atoms with Crippen LogP contribution < -0.4 is 0 Å². The molecule has 0 bridgehead atoms. The smallest absolute Gasteiger partial charge is 0.160 e. The van der Waals surface area contributed by atoms with Gasteiger partial charge < -0.3 is 0 Å². The summed E-state index contributed by atoms with van der Waals surface area (Å²) in [5.41, 5.74) is 11.6. The molecule has 0 amide bonds. The predicted molar refractivity (Wildman–Crippen MR) is 200 cm³/mol. The van der Waals surface area contributed by atoms with Crippen LogP contribution in [-0.4, -0.2) is 15.0 Å². The highest BCUT2D eigenvalue weighted by atomic mass is 14.9. The van der Waals surface area contributed by atoms with Crippen molar-refractivity contribution in [2.24, 2.45) is 0 Å². The van der Waals surface area contributed by atoms with Crippen LogP contribution in [0.4, 0.5) is 0 Å². The zero-order valence-electron chi connectivity index (χ0n) is 26.1. The summed E-state index contributed by atoms with van der Waals surface area (Å²) in [7, 11) is 0. The van der Waals surface area contributed by atoms with E-state index in [2.05, 4.69) is 140 Å². The van der Waals surface area contributed by atoms with Gasteiger partial charge in [0.1, 0.15) is 0 Å². The number of hydrogen-bond donors (Lipinski definition) is 0. The van der Waals surface area contributed by atoms with E-state index in [-0.39, 0.29) is 0 Å². The van der Waals surface area contributed by atoms with Gasteiger partial charge in [0.15, 0.2) is 5.82 Å². The van der Waals surface area contributed by atoms with Crippen molar-refractivity contribution >= 4 is 32.6 Å². The monoisotopic (exact) mass is 611 g/mol. The molecular formula is C45H29N3. The highest BCUT2D eigenvalue weighted by Crippen LogP contribution is 2.39. The lowest BCUT2D eigenvalue weighted by molar-refractivity contribution is 1.18. The standard InChI is InChI=1S/C45H29N3/c1-3-13-32(14-4-1)41-29-42(33-15-5-2-6-16-33)48-45(47-41)34-24-22-30(23-25-34)35-17-11-18-36(28-35)43-38-20-9-10-21-40(38)46-44-37-19-8-7-12-31(37)26-27-39(43)44/h1-29H. The summed E-state index contributed by atoms with van der Waals surface area (Å²) in [5.74, 6) is 0.706. The zero-order valence-corrected chi connectivity index (χ0v) is 26.1. The first-order valence-corrected chi connectivity index (χ1v) is 16.2. The second kappa shape index (κ2) is 11.7. The molecule has 0 unspecified atom stereocenters. The van der Waals surface area contributed by atoms with Crippen LogP contribution in [0.25, 0.3) is 88.7 Å². The average molecular weight is 612 g/mol. The number of para-hydroxylation sites is 1. The molecule has 224 valence electrons. The predicted octanol–water partition coefficient (Wildman–Crippen LogP) is 11.7. The van der Waals surface area contributed by atoms with Crippen LogP contribution in [-0.2, 0) is 0 Å². The van der Waals surface area contributed by atoms with Gasteiger partial charge in [0.05, 0.1) is 22.4 Å². The van der Waals surface area contributed by atoms with Gasteiger partial charge in [0.2, 0.25) is 0 Å². The van der Waals surface area contributed by atoms with Crippen molar-refractivity contribution < 1.29 is 0 Å². The highest BCUT2D eigenvalue weighted by Gasteiger charge is 2.15. The Labute approximate surface area is 278 Å². The molecule has 48 heavy (non-hydrogen) atoms. The Bertz CT molecular complexity index is 2540. The molecule has 0 radical (unpaired) electrons. The van der Waals surface area contributed by atoms with Gasteiger partial charge in [-0.15, -0.1) is 0 Å². The molecule has 2 heterocycles. The molecule has 0 aliphatic carbocycles. The molecular weight excluding hydrogens is 583 g/mol. The van der Waals surface area contributed by atoms with Gasteiger partial charge >= 0.3 is 0 Å². The van der Waals surface area contributed by atoms with E-state index in [9.17, 15) is 0 Å². The van der Waals surface area contributed by atoms with Gasteiger partial charge in [-0.3, -0.25) is 0 Å². The molecule has 9 rings (SSSR count). The minimum atomic E-state index is 0.706. The zero-order chi connectivity index (χ0) is 31.9. The molecule has 2 aromatic heterocycles. The molecule has 7 aromatic carbocycles. The maximum Gasteiger partial charge on any atom is 0.160 e. The molecule has 0 aliphatic rings. The Morgan fingerprint density at radius 1 is 0.312 bits per heavy atom. The summed E-state index contributed by atoms with van der Waals surface area (Å²) >= 11 is 0. The summed E-state index contributed by atoms with van der Waals surface area (Å²) in [6.45, 7) is 0. The Morgan fingerprint density at radius 2 is 0.896 bits per heavy atom. The lowest BCUT2D eigenvalue weighted by Crippen LogP contribution is -1.96. The highest BCUT2D eigenvalue weighted by molar-refractivity contribution is 6.17. The number of benzene rings is 7. The SMILES string of the molecule is c1ccc(-c2cc(-c3ccccc3)nc(-c3ccc(-c4cccc(-c5c6ccccc6nc6c5ccc5ccccc56)c4)cc3)n2)cc1. The Balaban J connectivity index is 1.14. The quantitative estimate of drug-likeness (QED) is 0.144. The van der Waals surface area contributed by atoms with Crippen LogP contribution in [0.2, 0.25) is 0 Å². The van der Waals surface area contributed by atoms with Crippen molar-refractivity contribution in [3.63, 3.8) is 0 Å². The number of aromatic nitrogens is 3. The molecule has 0 aliphatic heterocycles. The molecule has 3 heteroatoms. The summed E-state index contributed by atoms with van der Waals surface area (Å²) in [6, 6.07) is 61.5.